The monoisotopic (exact) mass is 478 g/mol. The Kier molecular flexibility index (Phi) is 6.77. The minimum atomic E-state index is -5.15. The lowest BCUT2D eigenvalue weighted by Gasteiger charge is -2.14. The lowest BCUT2D eigenvalue weighted by atomic mass is 10.0. The number of benzene rings is 2. The summed E-state index contributed by atoms with van der Waals surface area (Å²) in [5.74, 6) is 0. The first-order valence-electron chi connectivity index (χ1n) is 8.32. The topological polar surface area (TPSA) is 0 Å². The smallest absolute Gasteiger partial charge is 0.166 e. The van der Waals surface area contributed by atoms with Crippen LogP contribution in [-0.4, -0.2) is 0 Å². The van der Waals surface area contributed by atoms with Gasteiger partial charge in [-0.25, -0.2) is 0 Å². The normalized spacial score (nSPS) is 14.0. The largest absolute Gasteiger partial charge is 0.417 e. The van der Waals surface area contributed by atoms with E-state index in [1.165, 1.54) is 0 Å². The number of allylic oxidation sites excluding steroid dienone is 2. The number of hydrogen-bond donors (Lipinski definition) is 0. The van der Waals surface area contributed by atoms with E-state index in [0.717, 1.165) is 12.2 Å². The van der Waals surface area contributed by atoms with Crippen molar-refractivity contribution in [1.29, 1.82) is 0 Å². The molecule has 0 radical (unpaired) electrons. The van der Waals surface area contributed by atoms with Crippen LogP contribution < -0.4 is 0 Å². The molecule has 0 aliphatic rings. The molecule has 2 aromatic rings. The van der Waals surface area contributed by atoms with E-state index in [0.29, 0.717) is 36.4 Å². The highest BCUT2D eigenvalue weighted by molar-refractivity contribution is 5.62. The maximum atomic E-state index is 13.1. The summed E-state index contributed by atoms with van der Waals surface area (Å²) >= 11 is 0. The van der Waals surface area contributed by atoms with Crippen molar-refractivity contribution >= 4 is 12.2 Å². The van der Waals surface area contributed by atoms with Crippen molar-refractivity contribution in [1.82, 2.24) is 0 Å². The first kappa shape index (κ1) is 25.3. The molecule has 0 amide bonds. The van der Waals surface area contributed by atoms with Crippen LogP contribution in [0.4, 0.5) is 52.7 Å². The van der Waals surface area contributed by atoms with Gasteiger partial charge >= 0.3 is 24.7 Å². The fourth-order valence-electron chi connectivity index (χ4n) is 2.57. The summed E-state index contributed by atoms with van der Waals surface area (Å²) in [5.41, 5.74) is -7.73. The highest BCUT2D eigenvalue weighted by Crippen LogP contribution is 2.39. The molecule has 174 valence electrons. The van der Waals surface area contributed by atoms with Crippen LogP contribution in [0.25, 0.3) is 12.2 Å². The predicted molar refractivity (Wildman–Crippen MR) is 91.0 cm³/mol. The summed E-state index contributed by atoms with van der Waals surface area (Å²) in [5, 5.41) is 0. The van der Waals surface area contributed by atoms with Gasteiger partial charge in [0, 0.05) is 0 Å². The number of halogens is 12. The van der Waals surface area contributed by atoms with E-state index in [1.54, 1.807) is 0 Å². The Hall–Kier alpha value is -2.92. The van der Waals surface area contributed by atoms with E-state index in [4.69, 9.17) is 0 Å². The number of rotatable bonds is 3. The van der Waals surface area contributed by atoms with E-state index in [1.807, 2.05) is 0 Å². The quantitative estimate of drug-likeness (QED) is 0.307. The molecule has 12 heteroatoms. The van der Waals surface area contributed by atoms with Gasteiger partial charge in [-0.05, 0) is 35.4 Å². The molecule has 0 saturated carbocycles. The Balaban J connectivity index is 2.41. The predicted octanol–water partition coefficient (Wildman–Crippen LogP) is 8.49. The molecule has 32 heavy (non-hydrogen) atoms. The average Bonchev–Trinajstić information content (AvgIpc) is 2.62. The zero-order chi connectivity index (χ0) is 24.5. The fourth-order valence-corrected chi connectivity index (χ4v) is 2.57. The van der Waals surface area contributed by atoms with E-state index in [2.05, 4.69) is 0 Å². The highest BCUT2D eigenvalue weighted by Gasteiger charge is 2.38. The summed E-state index contributed by atoms with van der Waals surface area (Å²) in [4.78, 5) is 0. The van der Waals surface area contributed by atoms with Gasteiger partial charge in [0.15, 0.2) is 0 Å². The van der Waals surface area contributed by atoms with Crippen LogP contribution >= 0.6 is 0 Å². The van der Waals surface area contributed by atoms with Crippen molar-refractivity contribution in [3.8, 4) is 0 Å². The molecular formula is C20H10F12. The number of hydrogen-bond acceptors (Lipinski definition) is 0. The zero-order valence-electron chi connectivity index (χ0n) is 15.3. The molecule has 0 aromatic heterocycles. The molecule has 0 fully saturated rings. The summed E-state index contributed by atoms with van der Waals surface area (Å²) in [7, 11) is 0. The van der Waals surface area contributed by atoms with Crippen LogP contribution in [0.5, 0.6) is 0 Å². The fraction of sp³-hybridized carbons (Fsp3) is 0.200. The molecule has 0 bridgehead atoms. The van der Waals surface area contributed by atoms with Crippen molar-refractivity contribution in [3.63, 3.8) is 0 Å². The molecule has 0 atom stereocenters. The minimum Gasteiger partial charge on any atom is -0.166 e. The molecular weight excluding hydrogens is 468 g/mol. The van der Waals surface area contributed by atoms with Crippen LogP contribution in [0.15, 0.2) is 48.6 Å². The Morgan fingerprint density at radius 2 is 0.750 bits per heavy atom. The van der Waals surface area contributed by atoms with Crippen LogP contribution in [0.1, 0.15) is 33.4 Å². The molecule has 0 aliphatic heterocycles. The van der Waals surface area contributed by atoms with Gasteiger partial charge in [0.2, 0.25) is 0 Å². The van der Waals surface area contributed by atoms with Gasteiger partial charge in [-0.3, -0.25) is 0 Å². The third-order valence-corrected chi connectivity index (χ3v) is 4.03. The second-order valence-corrected chi connectivity index (χ2v) is 6.31. The SMILES string of the molecule is FC(F)(F)c1ccc(/C=C/C=C/c2ccc(C(F)(F)F)cc2C(F)(F)F)c(C(F)(F)F)c1. The molecule has 0 spiro atoms. The van der Waals surface area contributed by atoms with Crippen LogP contribution in [-0.2, 0) is 24.7 Å². The minimum absolute atomic E-state index is 0.110. The van der Waals surface area contributed by atoms with Gasteiger partial charge in [-0.2, -0.15) is 52.7 Å². The second kappa shape index (κ2) is 8.55. The van der Waals surface area contributed by atoms with E-state index in [-0.39, 0.29) is 12.1 Å². The van der Waals surface area contributed by atoms with E-state index in [9.17, 15) is 52.7 Å². The van der Waals surface area contributed by atoms with E-state index < -0.39 is 58.1 Å². The van der Waals surface area contributed by atoms with Crippen LogP contribution in [0, 0.1) is 0 Å². The Morgan fingerprint density at radius 1 is 0.438 bits per heavy atom. The Morgan fingerprint density at radius 3 is 1.00 bits per heavy atom. The lowest BCUT2D eigenvalue weighted by Crippen LogP contribution is -2.12. The van der Waals surface area contributed by atoms with Crippen molar-refractivity contribution in [3.05, 3.63) is 81.9 Å². The maximum absolute atomic E-state index is 13.1. The van der Waals surface area contributed by atoms with Crippen LogP contribution in [0.3, 0.4) is 0 Å². The van der Waals surface area contributed by atoms with Gasteiger partial charge < -0.3 is 0 Å². The first-order chi connectivity index (χ1) is 14.4. The summed E-state index contributed by atoms with van der Waals surface area (Å²) in [6.45, 7) is 0. The first-order valence-corrected chi connectivity index (χ1v) is 8.32. The third kappa shape index (κ3) is 6.30. The summed E-state index contributed by atoms with van der Waals surface area (Å²) in [6, 6.07) is 1.65. The number of alkyl halides is 12. The summed E-state index contributed by atoms with van der Waals surface area (Å²) in [6.07, 6.45) is -17.3. The van der Waals surface area contributed by atoms with E-state index >= 15 is 0 Å². The standard InChI is InChI=1S/C20H10F12/c21-17(22,23)13-7-5-11(15(9-13)19(27,28)29)3-1-2-4-12-6-8-14(18(24,25)26)10-16(12)20(30,31)32/h1-10H/b3-1+,4-2+. The van der Waals surface area contributed by atoms with Crippen molar-refractivity contribution in [2.75, 3.05) is 0 Å². The zero-order valence-corrected chi connectivity index (χ0v) is 15.3. The molecule has 0 N–H and O–H groups in total. The highest BCUT2D eigenvalue weighted by atomic mass is 19.4. The van der Waals surface area contributed by atoms with Crippen molar-refractivity contribution in [2.45, 2.75) is 24.7 Å². The average molecular weight is 478 g/mol. The Labute approximate surface area is 172 Å². The molecule has 2 rings (SSSR count). The lowest BCUT2D eigenvalue weighted by molar-refractivity contribution is -0.144. The maximum Gasteiger partial charge on any atom is 0.417 e. The van der Waals surface area contributed by atoms with Gasteiger partial charge in [-0.15, -0.1) is 0 Å². The second-order valence-electron chi connectivity index (χ2n) is 6.31. The van der Waals surface area contributed by atoms with Crippen LogP contribution in [0.2, 0.25) is 0 Å². The van der Waals surface area contributed by atoms with Gasteiger partial charge in [0.05, 0.1) is 22.3 Å². The molecule has 0 aliphatic carbocycles. The molecule has 2 aromatic carbocycles. The summed E-state index contributed by atoms with van der Waals surface area (Å²) < 4.78 is 154. The van der Waals surface area contributed by atoms with Crippen molar-refractivity contribution in [2.24, 2.45) is 0 Å². The molecule has 0 unspecified atom stereocenters. The molecule has 0 heterocycles. The van der Waals surface area contributed by atoms with Gasteiger partial charge in [0.25, 0.3) is 0 Å². The molecule has 0 nitrogen and oxygen atoms in total. The third-order valence-electron chi connectivity index (χ3n) is 4.03. The Bertz CT molecular complexity index is 931. The van der Waals surface area contributed by atoms with Crippen molar-refractivity contribution < 1.29 is 52.7 Å². The van der Waals surface area contributed by atoms with Gasteiger partial charge in [0.1, 0.15) is 0 Å². The molecule has 0 saturated heterocycles. The van der Waals surface area contributed by atoms with Gasteiger partial charge in [-0.1, -0.05) is 36.4 Å².